The standard InChI is InChI=1S/C19H14ClNO4/c1-11-10-21(14-4-2-3-5-17(14)24-11)19(23)18-9-15(22)13-8-12(20)6-7-16(13)25-18/h2-9,11H,10H2,1H3/t11-/m0/s1. The van der Waals surface area contributed by atoms with Gasteiger partial charge in [-0.2, -0.15) is 0 Å². The van der Waals surface area contributed by atoms with Crippen LogP contribution in [0.1, 0.15) is 17.5 Å². The van der Waals surface area contributed by atoms with E-state index in [1.165, 1.54) is 12.1 Å². The zero-order valence-electron chi connectivity index (χ0n) is 13.4. The number of fused-ring (bicyclic) bond motifs is 2. The maximum Gasteiger partial charge on any atom is 0.294 e. The minimum Gasteiger partial charge on any atom is -0.487 e. The van der Waals surface area contributed by atoms with E-state index in [9.17, 15) is 9.59 Å². The van der Waals surface area contributed by atoms with Crippen molar-refractivity contribution in [1.82, 2.24) is 0 Å². The highest BCUT2D eigenvalue weighted by Gasteiger charge is 2.29. The Morgan fingerprint density at radius 3 is 2.84 bits per heavy atom. The quantitative estimate of drug-likeness (QED) is 0.664. The lowest BCUT2D eigenvalue weighted by molar-refractivity contribution is 0.0935. The molecule has 0 N–H and O–H groups in total. The van der Waals surface area contributed by atoms with Crippen molar-refractivity contribution in [3.8, 4) is 5.75 Å². The Labute approximate surface area is 148 Å². The normalized spacial score (nSPS) is 16.4. The fourth-order valence-corrected chi connectivity index (χ4v) is 3.12. The highest BCUT2D eigenvalue weighted by molar-refractivity contribution is 6.31. The third-order valence-corrected chi connectivity index (χ3v) is 4.30. The molecule has 1 aromatic heterocycles. The minimum absolute atomic E-state index is 0.0104. The molecule has 3 aromatic rings. The lowest BCUT2D eigenvalue weighted by Crippen LogP contribution is -2.42. The summed E-state index contributed by atoms with van der Waals surface area (Å²) >= 11 is 5.92. The van der Waals surface area contributed by atoms with Crippen LogP contribution in [0.4, 0.5) is 5.69 Å². The molecule has 1 aliphatic heterocycles. The molecule has 0 fully saturated rings. The van der Waals surface area contributed by atoms with E-state index in [2.05, 4.69) is 0 Å². The van der Waals surface area contributed by atoms with Crippen LogP contribution >= 0.6 is 11.6 Å². The molecular formula is C19H14ClNO4. The van der Waals surface area contributed by atoms with Gasteiger partial charge in [-0.1, -0.05) is 23.7 Å². The summed E-state index contributed by atoms with van der Waals surface area (Å²) < 4.78 is 11.4. The van der Waals surface area contributed by atoms with Crippen LogP contribution in [0, 0.1) is 0 Å². The molecule has 5 nitrogen and oxygen atoms in total. The van der Waals surface area contributed by atoms with Gasteiger partial charge < -0.3 is 9.15 Å². The number of ether oxygens (including phenoxy) is 1. The number of rotatable bonds is 1. The summed E-state index contributed by atoms with van der Waals surface area (Å²) in [5.74, 6) is 0.241. The van der Waals surface area contributed by atoms with Gasteiger partial charge >= 0.3 is 0 Å². The van der Waals surface area contributed by atoms with Crippen molar-refractivity contribution in [2.24, 2.45) is 0 Å². The second-order valence-corrected chi connectivity index (χ2v) is 6.36. The van der Waals surface area contributed by atoms with Crippen molar-refractivity contribution < 1.29 is 13.9 Å². The van der Waals surface area contributed by atoms with E-state index in [4.69, 9.17) is 20.8 Å². The van der Waals surface area contributed by atoms with Crippen molar-refractivity contribution >= 4 is 34.2 Å². The molecule has 0 spiro atoms. The van der Waals surface area contributed by atoms with Crippen molar-refractivity contribution in [2.45, 2.75) is 13.0 Å². The first-order valence-corrected chi connectivity index (χ1v) is 8.22. The van der Waals surface area contributed by atoms with E-state index >= 15 is 0 Å². The van der Waals surface area contributed by atoms with Gasteiger partial charge in [-0.25, -0.2) is 0 Å². The summed E-state index contributed by atoms with van der Waals surface area (Å²) in [6.07, 6.45) is -0.162. The summed E-state index contributed by atoms with van der Waals surface area (Å²) in [4.78, 5) is 26.9. The average molecular weight is 356 g/mol. The number of nitrogens with zero attached hydrogens (tertiary/aromatic N) is 1. The summed E-state index contributed by atoms with van der Waals surface area (Å²) in [5.41, 5.74) is 0.681. The Kier molecular flexibility index (Phi) is 3.73. The van der Waals surface area contributed by atoms with Crippen molar-refractivity contribution in [3.05, 3.63) is 69.5 Å². The van der Waals surface area contributed by atoms with Gasteiger partial charge in [0.1, 0.15) is 17.4 Å². The van der Waals surface area contributed by atoms with E-state index < -0.39 is 0 Å². The molecule has 0 radical (unpaired) electrons. The summed E-state index contributed by atoms with van der Waals surface area (Å²) in [7, 11) is 0. The molecule has 6 heteroatoms. The molecule has 1 atom stereocenters. The fourth-order valence-electron chi connectivity index (χ4n) is 2.95. The molecule has 126 valence electrons. The SMILES string of the molecule is C[C@H]1CN(C(=O)c2cc(=O)c3cc(Cl)ccc3o2)c2ccccc2O1. The molecule has 0 bridgehead atoms. The van der Waals surface area contributed by atoms with Gasteiger partial charge in [0.2, 0.25) is 0 Å². The highest BCUT2D eigenvalue weighted by atomic mass is 35.5. The van der Waals surface area contributed by atoms with E-state index in [0.717, 1.165) is 0 Å². The molecular weight excluding hydrogens is 342 g/mol. The van der Waals surface area contributed by atoms with Gasteiger partial charge in [-0.3, -0.25) is 14.5 Å². The Morgan fingerprint density at radius 1 is 1.20 bits per heavy atom. The van der Waals surface area contributed by atoms with Crippen LogP contribution in [-0.2, 0) is 0 Å². The fraction of sp³-hybridized carbons (Fsp3) is 0.158. The number of hydrogen-bond acceptors (Lipinski definition) is 4. The Hall–Kier alpha value is -2.79. The first-order chi connectivity index (χ1) is 12.0. The number of amides is 1. The number of carbonyl (C=O) groups excluding carboxylic acids is 1. The van der Waals surface area contributed by atoms with Crippen LogP contribution in [0.3, 0.4) is 0 Å². The number of para-hydroxylation sites is 2. The van der Waals surface area contributed by atoms with Gasteiger partial charge in [0.05, 0.1) is 17.6 Å². The third-order valence-electron chi connectivity index (χ3n) is 4.07. The van der Waals surface area contributed by atoms with Crippen molar-refractivity contribution in [3.63, 3.8) is 0 Å². The Bertz CT molecular complexity index is 1040. The first kappa shape index (κ1) is 15.7. The van der Waals surface area contributed by atoms with E-state index in [-0.39, 0.29) is 23.2 Å². The predicted molar refractivity (Wildman–Crippen MR) is 95.7 cm³/mol. The lowest BCUT2D eigenvalue weighted by Gasteiger charge is -2.33. The van der Waals surface area contributed by atoms with Crippen LogP contribution < -0.4 is 15.1 Å². The van der Waals surface area contributed by atoms with E-state index in [1.54, 1.807) is 23.1 Å². The molecule has 2 heterocycles. The third kappa shape index (κ3) is 2.76. The maximum atomic E-state index is 13.0. The maximum absolute atomic E-state index is 13.0. The predicted octanol–water partition coefficient (Wildman–Crippen LogP) is 3.87. The molecule has 0 saturated carbocycles. The molecule has 0 unspecified atom stereocenters. The van der Waals surface area contributed by atoms with Gasteiger partial charge in [-0.05, 0) is 37.3 Å². The largest absolute Gasteiger partial charge is 0.487 e. The second kappa shape index (κ2) is 5.93. The summed E-state index contributed by atoms with van der Waals surface area (Å²) in [5, 5.41) is 0.787. The van der Waals surface area contributed by atoms with Gasteiger partial charge in [0.25, 0.3) is 5.91 Å². The molecule has 1 aliphatic rings. The monoisotopic (exact) mass is 355 g/mol. The van der Waals surface area contributed by atoms with Crippen molar-refractivity contribution in [2.75, 3.05) is 11.4 Å². The zero-order chi connectivity index (χ0) is 17.6. The Balaban J connectivity index is 1.80. The molecule has 0 saturated heterocycles. The summed E-state index contributed by atoms with van der Waals surface area (Å²) in [6, 6.07) is 13.2. The summed E-state index contributed by atoms with van der Waals surface area (Å²) in [6.45, 7) is 2.26. The van der Waals surface area contributed by atoms with Crippen LogP contribution in [-0.4, -0.2) is 18.6 Å². The van der Waals surface area contributed by atoms with Crippen LogP contribution in [0.25, 0.3) is 11.0 Å². The zero-order valence-corrected chi connectivity index (χ0v) is 14.1. The first-order valence-electron chi connectivity index (χ1n) is 7.84. The number of benzene rings is 2. The van der Waals surface area contributed by atoms with E-state index in [1.807, 2.05) is 25.1 Å². The van der Waals surface area contributed by atoms with E-state index in [0.29, 0.717) is 34.0 Å². The van der Waals surface area contributed by atoms with Crippen LogP contribution in [0.15, 0.2) is 57.7 Å². The molecule has 25 heavy (non-hydrogen) atoms. The smallest absolute Gasteiger partial charge is 0.294 e. The molecule has 1 amide bonds. The molecule has 4 rings (SSSR count). The second-order valence-electron chi connectivity index (χ2n) is 5.93. The van der Waals surface area contributed by atoms with Gasteiger partial charge in [0, 0.05) is 11.1 Å². The number of anilines is 1. The van der Waals surface area contributed by atoms with Gasteiger partial charge in [0.15, 0.2) is 11.2 Å². The molecule has 0 aliphatic carbocycles. The highest BCUT2D eigenvalue weighted by Crippen LogP contribution is 2.34. The molecule has 2 aromatic carbocycles. The van der Waals surface area contributed by atoms with Crippen molar-refractivity contribution in [1.29, 1.82) is 0 Å². The Morgan fingerprint density at radius 2 is 2.00 bits per heavy atom. The lowest BCUT2D eigenvalue weighted by atomic mass is 10.1. The number of carbonyl (C=O) groups is 1. The minimum atomic E-state index is -0.378. The van der Waals surface area contributed by atoms with Gasteiger partial charge in [-0.15, -0.1) is 0 Å². The van der Waals surface area contributed by atoms with Crippen LogP contribution in [0.5, 0.6) is 5.75 Å². The number of hydrogen-bond donors (Lipinski definition) is 0. The number of halogens is 1. The topological polar surface area (TPSA) is 59.8 Å². The van der Waals surface area contributed by atoms with Crippen LogP contribution in [0.2, 0.25) is 5.02 Å². The average Bonchev–Trinajstić information content (AvgIpc) is 2.60.